The Labute approximate surface area is 96.9 Å². The van der Waals surface area contributed by atoms with Crippen molar-refractivity contribution in [3.05, 3.63) is 30.1 Å². The van der Waals surface area contributed by atoms with Gasteiger partial charge in [0, 0.05) is 29.7 Å². The van der Waals surface area contributed by atoms with Crippen molar-refractivity contribution in [1.29, 1.82) is 0 Å². The molecule has 1 heterocycles. The molecule has 0 aliphatic heterocycles. The fourth-order valence-corrected chi connectivity index (χ4v) is 1.45. The molecule has 0 aliphatic carbocycles. The number of rotatable bonds is 5. The van der Waals surface area contributed by atoms with E-state index in [-0.39, 0.29) is 4.75 Å². The summed E-state index contributed by atoms with van der Waals surface area (Å²) in [5.74, 6) is 0. The van der Waals surface area contributed by atoms with Gasteiger partial charge in [-0.15, -0.1) is 0 Å². The molecule has 0 fully saturated rings. The van der Waals surface area contributed by atoms with Crippen molar-refractivity contribution in [2.75, 3.05) is 12.8 Å². The second-order valence-electron chi connectivity index (χ2n) is 4.35. The van der Waals surface area contributed by atoms with Gasteiger partial charge in [-0.05, 0) is 38.7 Å². The summed E-state index contributed by atoms with van der Waals surface area (Å²) in [6, 6.07) is 4.45. The third kappa shape index (κ3) is 4.22. The number of nitrogens with one attached hydrogen (secondary N) is 1. The minimum atomic E-state index is 0.288. The van der Waals surface area contributed by atoms with Crippen molar-refractivity contribution in [3.63, 3.8) is 0 Å². The summed E-state index contributed by atoms with van der Waals surface area (Å²) < 4.78 is 0.288. The molecule has 0 saturated carbocycles. The van der Waals surface area contributed by atoms with Gasteiger partial charge >= 0.3 is 0 Å². The van der Waals surface area contributed by atoms with Crippen LogP contribution in [0, 0.1) is 0 Å². The topological polar surface area (TPSA) is 24.9 Å². The summed E-state index contributed by atoms with van der Waals surface area (Å²) in [4.78, 5) is 4.13. The summed E-state index contributed by atoms with van der Waals surface area (Å²) in [5.41, 5.74) is 1.24. The molecule has 1 aromatic rings. The monoisotopic (exact) mass is 224 g/mol. The van der Waals surface area contributed by atoms with E-state index in [1.165, 1.54) is 5.56 Å². The van der Waals surface area contributed by atoms with E-state index in [9.17, 15) is 0 Å². The van der Waals surface area contributed by atoms with Crippen molar-refractivity contribution < 1.29 is 0 Å². The Morgan fingerprint density at radius 2 is 2.27 bits per heavy atom. The third-order valence-corrected chi connectivity index (χ3v) is 3.82. The van der Waals surface area contributed by atoms with Crippen LogP contribution in [-0.2, 0) is 0 Å². The molecule has 3 heteroatoms. The number of hydrogen-bond acceptors (Lipinski definition) is 3. The minimum absolute atomic E-state index is 0.288. The zero-order valence-corrected chi connectivity index (χ0v) is 10.8. The van der Waals surface area contributed by atoms with E-state index in [2.05, 4.69) is 43.4 Å². The fourth-order valence-electron chi connectivity index (χ4n) is 1.22. The standard InChI is InChI=1S/C12H20N2S/c1-10(11-6-5-7-13-8-11)14-9-12(2,3)15-4/h5-8,10,14H,9H2,1-4H3. The van der Waals surface area contributed by atoms with Gasteiger partial charge in [0.25, 0.3) is 0 Å². The molecule has 1 atom stereocenters. The molecule has 0 spiro atoms. The molecule has 84 valence electrons. The quantitative estimate of drug-likeness (QED) is 0.832. The summed E-state index contributed by atoms with van der Waals surface area (Å²) >= 11 is 1.89. The van der Waals surface area contributed by atoms with E-state index >= 15 is 0 Å². The van der Waals surface area contributed by atoms with Crippen LogP contribution in [0.5, 0.6) is 0 Å². The molecular weight excluding hydrogens is 204 g/mol. The van der Waals surface area contributed by atoms with Crippen LogP contribution in [0.15, 0.2) is 24.5 Å². The zero-order chi connectivity index (χ0) is 11.3. The van der Waals surface area contributed by atoms with Gasteiger partial charge in [-0.2, -0.15) is 11.8 Å². The van der Waals surface area contributed by atoms with Gasteiger partial charge in [0.05, 0.1) is 0 Å². The van der Waals surface area contributed by atoms with Crippen LogP contribution < -0.4 is 5.32 Å². The Balaban J connectivity index is 2.47. The van der Waals surface area contributed by atoms with Crippen molar-refractivity contribution in [2.24, 2.45) is 0 Å². The van der Waals surface area contributed by atoms with Crippen molar-refractivity contribution in [2.45, 2.75) is 31.6 Å². The number of aromatic nitrogens is 1. The van der Waals surface area contributed by atoms with Crippen molar-refractivity contribution in [3.8, 4) is 0 Å². The Morgan fingerprint density at radius 1 is 1.53 bits per heavy atom. The molecule has 15 heavy (non-hydrogen) atoms. The Hall–Kier alpha value is -0.540. The molecule has 0 aliphatic rings. The normalized spacial score (nSPS) is 13.9. The van der Waals surface area contributed by atoms with Gasteiger partial charge < -0.3 is 5.32 Å². The molecule has 1 aromatic heterocycles. The van der Waals surface area contributed by atoms with Gasteiger partial charge in [0.15, 0.2) is 0 Å². The highest BCUT2D eigenvalue weighted by molar-refractivity contribution is 7.99. The van der Waals surface area contributed by atoms with Crippen molar-refractivity contribution >= 4 is 11.8 Å². The maximum Gasteiger partial charge on any atom is 0.0315 e. The Bertz CT molecular complexity index is 285. The van der Waals surface area contributed by atoms with Gasteiger partial charge in [0.1, 0.15) is 0 Å². The maximum absolute atomic E-state index is 4.13. The lowest BCUT2D eigenvalue weighted by molar-refractivity contribution is 0.521. The first-order valence-electron chi connectivity index (χ1n) is 5.23. The summed E-state index contributed by atoms with van der Waals surface area (Å²) in [6.45, 7) is 7.68. The van der Waals surface area contributed by atoms with Gasteiger partial charge in [-0.3, -0.25) is 4.98 Å². The highest BCUT2D eigenvalue weighted by Crippen LogP contribution is 2.21. The van der Waals surface area contributed by atoms with E-state index in [0.29, 0.717) is 6.04 Å². The minimum Gasteiger partial charge on any atom is -0.309 e. The Morgan fingerprint density at radius 3 is 2.80 bits per heavy atom. The van der Waals surface area contributed by atoms with Crippen LogP contribution in [0.2, 0.25) is 0 Å². The second-order valence-corrected chi connectivity index (χ2v) is 5.87. The van der Waals surface area contributed by atoms with Crippen LogP contribution in [-0.4, -0.2) is 22.5 Å². The first-order valence-corrected chi connectivity index (χ1v) is 6.46. The van der Waals surface area contributed by atoms with Gasteiger partial charge in [-0.1, -0.05) is 6.07 Å². The van der Waals surface area contributed by atoms with Gasteiger partial charge in [0.2, 0.25) is 0 Å². The number of pyridine rings is 1. The van der Waals surface area contributed by atoms with Crippen LogP contribution in [0.3, 0.4) is 0 Å². The van der Waals surface area contributed by atoms with Crippen molar-refractivity contribution in [1.82, 2.24) is 10.3 Å². The number of hydrogen-bond donors (Lipinski definition) is 1. The van der Waals surface area contributed by atoms with E-state index < -0.39 is 0 Å². The lowest BCUT2D eigenvalue weighted by Gasteiger charge is -2.25. The van der Waals surface area contributed by atoms with E-state index in [1.807, 2.05) is 30.2 Å². The predicted molar refractivity (Wildman–Crippen MR) is 68.2 cm³/mol. The highest BCUT2D eigenvalue weighted by Gasteiger charge is 2.16. The number of thioether (sulfide) groups is 1. The van der Waals surface area contributed by atoms with Crippen LogP contribution in [0.25, 0.3) is 0 Å². The third-order valence-electron chi connectivity index (χ3n) is 2.57. The molecular formula is C12H20N2S. The second kappa shape index (κ2) is 5.52. The SMILES string of the molecule is CSC(C)(C)CNC(C)c1cccnc1. The first kappa shape index (κ1) is 12.5. The van der Waals surface area contributed by atoms with E-state index in [1.54, 1.807) is 0 Å². The molecule has 2 nitrogen and oxygen atoms in total. The Kier molecular flexibility index (Phi) is 4.61. The van der Waals surface area contributed by atoms with Gasteiger partial charge in [-0.25, -0.2) is 0 Å². The zero-order valence-electron chi connectivity index (χ0n) is 9.95. The largest absolute Gasteiger partial charge is 0.309 e. The molecule has 0 radical (unpaired) electrons. The highest BCUT2D eigenvalue weighted by atomic mass is 32.2. The van der Waals surface area contributed by atoms with E-state index in [4.69, 9.17) is 0 Å². The molecule has 1 N–H and O–H groups in total. The smallest absolute Gasteiger partial charge is 0.0315 e. The fraction of sp³-hybridized carbons (Fsp3) is 0.583. The summed E-state index contributed by atoms with van der Waals surface area (Å²) in [5, 5.41) is 3.53. The average Bonchev–Trinajstić information content (AvgIpc) is 2.27. The lowest BCUT2D eigenvalue weighted by Crippen LogP contribution is -2.33. The first-order chi connectivity index (χ1) is 7.05. The summed E-state index contributed by atoms with van der Waals surface area (Å²) in [6.07, 6.45) is 5.88. The van der Waals surface area contributed by atoms with E-state index in [0.717, 1.165) is 6.54 Å². The molecule has 0 amide bonds. The molecule has 1 unspecified atom stereocenters. The maximum atomic E-state index is 4.13. The van der Waals surface area contributed by atoms with Crippen LogP contribution in [0.1, 0.15) is 32.4 Å². The molecule has 1 rings (SSSR count). The van der Waals surface area contributed by atoms with Crippen LogP contribution in [0.4, 0.5) is 0 Å². The van der Waals surface area contributed by atoms with Crippen LogP contribution >= 0.6 is 11.8 Å². The molecule has 0 aromatic carbocycles. The molecule has 0 bridgehead atoms. The number of nitrogens with zero attached hydrogens (tertiary/aromatic N) is 1. The molecule has 0 saturated heterocycles. The predicted octanol–water partition coefficient (Wildman–Crippen LogP) is 2.87. The average molecular weight is 224 g/mol. The lowest BCUT2D eigenvalue weighted by atomic mass is 10.1. The summed E-state index contributed by atoms with van der Waals surface area (Å²) in [7, 11) is 0.